The zero-order chi connectivity index (χ0) is 14.3. The molecule has 0 radical (unpaired) electrons. The molecule has 0 unspecified atom stereocenters. The second kappa shape index (κ2) is 7.33. The summed E-state index contributed by atoms with van der Waals surface area (Å²) in [5, 5.41) is 11.2. The van der Waals surface area contributed by atoms with Crippen molar-refractivity contribution in [2.24, 2.45) is 0 Å². The molecule has 0 fully saturated rings. The number of benzene rings is 1. The first-order chi connectivity index (χ1) is 9.02. The summed E-state index contributed by atoms with van der Waals surface area (Å²) in [6.07, 6.45) is 2.67. The fourth-order valence-electron chi connectivity index (χ4n) is 1.67. The van der Waals surface area contributed by atoms with Gasteiger partial charge in [0.15, 0.2) is 0 Å². The second-order valence-electron chi connectivity index (χ2n) is 4.22. The number of likely N-dealkylation sites (N-methyl/N-ethyl adjacent to an activating group) is 2. The predicted octanol–water partition coefficient (Wildman–Crippen LogP) is 0.962. The van der Waals surface area contributed by atoms with Crippen LogP contribution in [0.15, 0.2) is 30.3 Å². The summed E-state index contributed by atoms with van der Waals surface area (Å²) < 4.78 is 0. The first kappa shape index (κ1) is 14.9. The first-order valence-electron chi connectivity index (χ1n) is 5.91. The highest BCUT2D eigenvalue weighted by Crippen LogP contribution is 2.12. The molecule has 2 N–H and O–H groups in total. The van der Waals surface area contributed by atoms with Gasteiger partial charge in [0.2, 0.25) is 5.91 Å². The summed E-state index contributed by atoms with van der Waals surface area (Å²) in [7, 11) is 3.44. The Morgan fingerprint density at radius 1 is 1.37 bits per heavy atom. The van der Waals surface area contributed by atoms with E-state index >= 15 is 0 Å². The van der Waals surface area contributed by atoms with Crippen molar-refractivity contribution in [3.63, 3.8) is 0 Å². The molecule has 1 aromatic rings. The fourth-order valence-corrected chi connectivity index (χ4v) is 1.67. The molecule has 0 aliphatic rings. The maximum atomic E-state index is 11.3. The van der Waals surface area contributed by atoms with E-state index in [0.29, 0.717) is 13.1 Å². The highest BCUT2D eigenvalue weighted by molar-refractivity contribution is 5.85. The van der Waals surface area contributed by atoms with Crippen molar-refractivity contribution in [3.05, 3.63) is 41.5 Å². The monoisotopic (exact) mass is 262 g/mol. The highest BCUT2D eigenvalue weighted by atomic mass is 16.4. The number of carbonyl (C=O) groups excluding carboxylic acids is 1. The molecule has 0 spiro atoms. The van der Waals surface area contributed by atoms with Gasteiger partial charge in [-0.2, -0.15) is 0 Å². The minimum absolute atomic E-state index is 0.0546. The number of nitrogens with one attached hydrogen (secondary N) is 1. The van der Waals surface area contributed by atoms with E-state index < -0.39 is 5.97 Å². The Bertz CT molecular complexity index is 483. The number of aliphatic carboxylic acids is 1. The van der Waals surface area contributed by atoms with Crippen LogP contribution in [-0.4, -0.2) is 42.5 Å². The normalized spacial score (nSPS) is 10.9. The molecule has 0 aromatic heterocycles. The average molecular weight is 262 g/mol. The molecule has 5 nitrogen and oxygen atoms in total. The summed E-state index contributed by atoms with van der Waals surface area (Å²) in [4.78, 5) is 23.7. The van der Waals surface area contributed by atoms with Gasteiger partial charge in [-0.3, -0.25) is 9.69 Å². The summed E-state index contributed by atoms with van der Waals surface area (Å²) >= 11 is 0. The topological polar surface area (TPSA) is 69.6 Å². The van der Waals surface area contributed by atoms with E-state index in [2.05, 4.69) is 5.32 Å². The Morgan fingerprint density at radius 3 is 2.68 bits per heavy atom. The second-order valence-corrected chi connectivity index (χ2v) is 4.22. The summed E-state index contributed by atoms with van der Waals surface area (Å²) in [6, 6.07) is 7.51. The van der Waals surface area contributed by atoms with E-state index in [1.807, 2.05) is 36.2 Å². The maximum absolute atomic E-state index is 11.3. The van der Waals surface area contributed by atoms with Gasteiger partial charge in [0, 0.05) is 19.7 Å². The van der Waals surface area contributed by atoms with Gasteiger partial charge in [-0.05, 0) is 24.3 Å². The summed E-state index contributed by atoms with van der Waals surface area (Å²) in [5.74, 6) is -1.03. The third-order valence-electron chi connectivity index (χ3n) is 2.59. The number of hydrogen-bond acceptors (Lipinski definition) is 3. The van der Waals surface area contributed by atoms with Crippen molar-refractivity contribution in [2.45, 2.75) is 6.54 Å². The SMILES string of the molecule is CNC(=O)CN(C)Cc1ccccc1C=CC(=O)O. The first-order valence-corrected chi connectivity index (χ1v) is 5.91. The van der Waals surface area contributed by atoms with Crippen molar-refractivity contribution in [3.8, 4) is 0 Å². The van der Waals surface area contributed by atoms with E-state index in [0.717, 1.165) is 17.2 Å². The van der Waals surface area contributed by atoms with Gasteiger partial charge in [-0.15, -0.1) is 0 Å². The standard InChI is InChI=1S/C14H18N2O3/c1-15-13(17)10-16(2)9-12-6-4-3-5-11(12)7-8-14(18)19/h3-8H,9-10H2,1-2H3,(H,15,17)(H,18,19). The van der Waals surface area contributed by atoms with Crippen molar-refractivity contribution in [1.82, 2.24) is 10.2 Å². The zero-order valence-corrected chi connectivity index (χ0v) is 11.1. The lowest BCUT2D eigenvalue weighted by molar-refractivity contribution is -0.131. The molecule has 0 bridgehead atoms. The molecule has 1 rings (SSSR count). The van der Waals surface area contributed by atoms with Crippen LogP contribution in [-0.2, 0) is 16.1 Å². The van der Waals surface area contributed by atoms with E-state index in [-0.39, 0.29) is 5.91 Å². The molecule has 0 saturated heterocycles. The van der Waals surface area contributed by atoms with Gasteiger partial charge in [-0.1, -0.05) is 24.3 Å². The van der Waals surface area contributed by atoms with Gasteiger partial charge in [0.05, 0.1) is 6.54 Å². The Labute approximate surface area is 112 Å². The van der Waals surface area contributed by atoms with Crippen molar-refractivity contribution < 1.29 is 14.7 Å². The van der Waals surface area contributed by atoms with E-state index in [1.54, 1.807) is 13.1 Å². The molecule has 19 heavy (non-hydrogen) atoms. The third kappa shape index (κ3) is 5.35. The maximum Gasteiger partial charge on any atom is 0.328 e. The molecule has 0 atom stereocenters. The Morgan fingerprint density at radius 2 is 2.05 bits per heavy atom. The molecule has 102 valence electrons. The van der Waals surface area contributed by atoms with Crippen LogP contribution in [0, 0.1) is 0 Å². The molecule has 1 aromatic carbocycles. The predicted molar refractivity (Wildman–Crippen MR) is 73.5 cm³/mol. The number of carbonyl (C=O) groups is 2. The molecular formula is C14H18N2O3. The number of rotatable bonds is 6. The van der Waals surface area contributed by atoms with Crippen LogP contribution in [0.1, 0.15) is 11.1 Å². The molecule has 0 heterocycles. The van der Waals surface area contributed by atoms with Crippen molar-refractivity contribution >= 4 is 18.0 Å². The molecule has 0 aliphatic heterocycles. The smallest absolute Gasteiger partial charge is 0.328 e. The number of amides is 1. The third-order valence-corrected chi connectivity index (χ3v) is 2.59. The minimum atomic E-state index is -0.978. The Balaban J connectivity index is 2.77. The Kier molecular flexibility index (Phi) is 5.75. The quantitative estimate of drug-likeness (QED) is 0.749. The zero-order valence-electron chi connectivity index (χ0n) is 11.1. The summed E-state index contributed by atoms with van der Waals surface area (Å²) in [5.41, 5.74) is 1.82. The van der Waals surface area contributed by atoms with Crippen LogP contribution in [0.4, 0.5) is 0 Å². The van der Waals surface area contributed by atoms with Crippen molar-refractivity contribution in [2.75, 3.05) is 20.6 Å². The molecule has 1 amide bonds. The van der Waals surface area contributed by atoms with Gasteiger partial charge in [-0.25, -0.2) is 4.79 Å². The van der Waals surface area contributed by atoms with Crippen molar-refractivity contribution in [1.29, 1.82) is 0 Å². The number of nitrogens with zero attached hydrogens (tertiary/aromatic N) is 1. The van der Waals surface area contributed by atoms with Crippen LogP contribution < -0.4 is 5.32 Å². The number of carboxylic acid groups (broad SMARTS) is 1. The lowest BCUT2D eigenvalue weighted by Gasteiger charge is -2.17. The van der Waals surface area contributed by atoms with Crippen LogP contribution in [0.3, 0.4) is 0 Å². The van der Waals surface area contributed by atoms with Crippen LogP contribution in [0.25, 0.3) is 6.08 Å². The largest absolute Gasteiger partial charge is 0.478 e. The highest BCUT2D eigenvalue weighted by Gasteiger charge is 2.07. The van der Waals surface area contributed by atoms with Crippen LogP contribution >= 0.6 is 0 Å². The molecule has 0 aliphatic carbocycles. The van der Waals surface area contributed by atoms with Crippen LogP contribution in [0.5, 0.6) is 0 Å². The number of hydrogen-bond donors (Lipinski definition) is 2. The van der Waals surface area contributed by atoms with Gasteiger partial charge in [0.25, 0.3) is 0 Å². The lowest BCUT2D eigenvalue weighted by Crippen LogP contribution is -2.32. The minimum Gasteiger partial charge on any atom is -0.478 e. The molecule has 5 heteroatoms. The fraction of sp³-hybridized carbons (Fsp3) is 0.286. The average Bonchev–Trinajstić information content (AvgIpc) is 2.37. The molecule has 0 saturated carbocycles. The van der Waals surface area contributed by atoms with E-state index in [1.165, 1.54) is 0 Å². The van der Waals surface area contributed by atoms with Gasteiger partial charge < -0.3 is 10.4 Å². The molecular weight excluding hydrogens is 244 g/mol. The van der Waals surface area contributed by atoms with Crippen LogP contribution in [0.2, 0.25) is 0 Å². The number of carboxylic acids is 1. The summed E-state index contributed by atoms with van der Waals surface area (Å²) in [6.45, 7) is 0.876. The lowest BCUT2D eigenvalue weighted by atomic mass is 10.1. The van der Waals surface area contributed by atoms with E-state index in [9.17, 15) is 9.59 Å². The van der Waals surface area contributed by atoms with Gasteiger partial charge >= 0.3 is 5.97 Å². The van der Waals surface area contributed by atoms with E-state index in [4.69, 9.17) is 5.11 Å². The Hall–Kier alpha value is -2.14. The van der Waals surface area contributed by atoms with Gasteiger partial charge in [0.1, 0.15) is 0 Å².